The first-order valence-electron chi connectivity index (χ1n) is 7.58. The van der Waals surface area contributed by atoms with Crippen molar-refractivity contribution in [3.63, 3.8) is 0 Å². The van der Waals surface area contributed by atoms with Crippen LogP contribution in [0.25, 0.3) is 0 Å². The van der Waals surface area contributed by atoms with Crippen LogP contribution in [0.1, 0.15) is 24.8 Å². The first-order chi connectivity index (χ1) is 10.1. The van der Waals surface area contributed by atoms with Gasteiger partial charge in [0.2, 0.25) is 5.91 Å². The summed E-state index contributed by atoms with van der Waals surface area (Å²) in [7, 11) is 0. The van der Waals surface area contributed by atoms with E-state index < -0.39 is 5.82 Å². The van der Waals surface area contributed by atoms with Crippen LogP contribution in [0, 0.1) is 17.6 Å². The number of benzene rings is 1. The molecule has 114 valence electrons. The molecular formula is C16H20F2N2O. The number of rotatable bonds is 3. The molecular weight excluding hydrogens is 274 g/mol. The van der Waals surface area contributed by atoms with Crippen molar-refractivity contribution >= 4 is 5.91 Å². The Morgan fingerprint density at radius 1 is 1.19 bits per heavy atom. The molecule has 3 rings (SSSR count). The zero-order chi connectivity index (χ0) is 14.8. The van der Waals surface area contributed by atoms with Gasteiger partial charge in [-0.25, -0.2) is 8.78 Å². The number of hydrogen-bond acceptors (Lipinski definition) is 2. The van der Waals surface area contributed by atoms with Crippen molar-refractivity contribution in [2.24, 2.45) is 5.92 Å². The molecule has 2 fully saturated rings. The quantitative estimate of drug-likeness (QED) is 0.854. The van der Waals surface area contributed by atoms with Crippen LogP contribution in [-0.2, 0) is 11.3 Å². The number of hydrogen-bond donors (Lipinski definition) is 0. The predicted octanol–water partition coefficient (Wildman–Crippen LogP) is 2.41. The maximum absolute atomic E-state index is 13.7. The number of halogens is 2. The Hall–Kier alpha value is -1.49. The third kappa shape index (κ3) is 3.23. The van der Waals surface area contributed by atoms with Gasteiger partial charge < -0.3 is 4.90 Å². The first kappa shape index (κ1) is 14.4. The summed E-state index contributed by atoms with van der Waals surface area (Å²) in [5.74, 6) is -0.560. The zero-order valence-electron chi connectivity index (χ0n) is 12.0. The van der Waals surface area contributed by atoms with Crippen LogP contribution in [0.15, 0.2) is 18.2 Å². The van der Waals surface area contributed by atoms with Crippen LogP contribution < -0.4 is 0 Å². The van der Waals surface area contributed by atoms with Crippen LogP contribution in [-0.4, -0.2) is 41.9 Å². The summed E-state index contributed by atoms with van der Waals surface area (Å²) >= 11 is 0. The minimum atomic E-state index is -0.421. The molecule has 1 aromatic carbocycles. The van der Waals surface area contributed by atoms with E-state index in [0.717, 1.165) is 51.0 Å². The lowest BCUT2D eigenvalue weighted by molar-refractivity contribution is -0.134. The highest BCUT2D eigenvalue weighted by atomic mass is 19.1. The second-order valence-electron chi connectivity index (χ2n) is 5.99. The number of carbonyl (C=O) groups excluding carboxylic acids is 1. The largest absolute Gasteiger partial charge is 0.342 e. The smallest absolute Gasteiger partial charge is 0.227 e. The van der Waals surface area contributed by atoms with E-state index in [4.69, 9.17) is 0 Å². The van der Waals surface area contributed by atoms with Crippen molar-refractivity contribution in [3.8, 4) is 0 Å². The molecule has 0 spiro atoms. The van der Waals surface area contributed by atoms with Crippen molar-refractivity contribution in [2.45, 2.75) is 25.8 Å². The number of likely N-dealkylation sites (tertiary alicyclic amines) is 2. The summed E-state index contributed by atoms with van der Waals surface area (Å²) in [5.41, 5.74) is 0.365. The van der Waals surface area contributed by atoms with Gasteiger partial charge in [-0.15, -0.1) is 0 Å². The Bertz CT molecular complexity index is 529. The van der Waals surface area contributed by atoms with Gasteiger partial charge in [0.1, 0.15) is 11.6 Å². The van der Waals surface area contributed by atoms with Gasteiger partial charge in [0.15, 0.2) is 0 Å². The molecule has 0 saturated carbocycles. The van der Waals surface area contributed by atoms with E-state index in [1.807, 2.05) is 9.80 Å². The first-order valence-corrected chi connectivity index (χ1v) is 7.58. The fourth-order valence-corrected chi connectivity index (χ4v) is 3.28. The molecule has 1 unspecified atom stereocenters. The van der Waals surface area contributed by atoms with Gasteiger partial charge >= 0.3 is 0 Å². The van der Waals surface area contributed by atoms with Crippen molar-refractivity contribution in [1.29, 1.82) is 0 Å². The summed E-state index contributed by atoms with van der Waals surface area (Å²) in [5, 5.41) is 0. The average Bonchev–Trinajstić information content (AvgIpc) is 3.13. The number of nitrogens with zero attached hydrogens (tertiary/aromatic N) is 2. The van der Waals surface area contributed by atoms with E-state index in [1.54, 1.807) is 0 Å². The molecule has 21 heavy (non-hydrogen) atoms. The van der Waals surface area contributed by atoms with Gasteiger partial charge in [0.05, 0.1) is 5.92 Å². The molecule has 0 aromatic heterocycles. The van der Waals surface area contributed by atoms with Crippen LogP contribution >= 0.6 is 0 Å². The molecule has 1 atom stereocenters. The SMILES string of the molecule is O=C(C1CCN(Cc2cc(F)ccc2F)C1)N1CCCC1. The third-order valence-corrected chi connectivity index (χ3v) is 4.44. The van der Waals surface area contributed by atoms with Crippen molar-refractivity contribution < 1.29 is 13.6 Å². The molecule has 2 saturated heterocycles. The molecule has 1 aromatic rings. The lowest BCUT2D eigenvalue weighted by atomic mass is 10.1. The van der Waals surface area contributed by atoms with Crippen LogP contribution in [0.2, 0.25) is 0 Å². The van der Waals surface area contributed by atoms with Gasteiger partial charge in [-0.3, -0.25) is 9.69 Å². The highest BCUT2D eigenvalue weighted by molar-refractivity contribution is 5.79. The maximum Gasteiger partial charge on any atom is 0.227 e. The molecule has 2 heterocycles. The zero-order valence-corrected chi connectivity index (χ0v) is 12.0. The van der Waals surface area contributed by atoms with E-state index in [1.165, 1.54) is 6.07 Å². The fraction of sp³-hybridized carbons (Fsp3) is 0.562. The molecule has 0 aliphatic carbocycles. The van der Waals surface area contributed by atoms with Crippen LogP contribution in [0.3, 0.4) is 0 Å². The molecule has 2 aliphatic heterocycles. The third-order valence-electron chi connectivity index (χ3n) is 4.44. The second-order valence-corrected chi connectivity index (χ2v) is 5.99. The Morgan fingerprint density at radius 2 is 1.95 bits per heavy atom. The van der Waals surface area contributed by atoms with Crippen molar-refractivity contribution in [1.82, 2.24) is 9.80 Å². The molecule has 2 aliphatic rings. The summed E-state index contributed by atoms with van der Waals surface area (Å²) in [6.07, 6.45) is 3.00. The Morgan fingerprint density at radius 3 is 2.71 bits per heavy atom. The average molecular weight is 294 g/mol. The lowest BCUT2D eigenvalue weighted by Gasteiger charge is -2.20. The highest BCUT2D eigenvalue weighted by Crippen LogP contribution is 2.23. The summed E-state index contributed by atoms with van der Waals surface area (Å²) in [6.45, 7) is 3.51. The normalized spacial score (nSPS) is 23.0. The monoisotopic (exact) mass is 294 g/mol. The summed E-state index contributed by atoms with van der Waals surface area (Å²) in [4.78, 5) is 16.3. The molecule has 0 N–H and O–H groups in total. The Kier molecular flexibility index (Phi) is 4.19. The van der Waals surface area contributed by atoms with E-state index in [2.05, 4.69) is 0 Å². The van der Waals surface area contributed by atoms with Gasteiger partial charge in [0, 0.05) is 31.7 Å². The van der Waals surface area contributed by atoms with Gasteiger partial charge in [-0.1, -0.05) is 0 Å². The summed E-state index contributed by atoms with van der Waals surface area (Å²) in [6, 6.07) is 3.53. The van der Waals surface area contributed by atoms with E-state index >= 15 is 0 Å². The van der Waals surface area contributed by atoms with Gasteiger partial charge in [-0.2, -0.15) is 0 Å². The molecule has 0 bridgehead atoms. The Labute approximate surface area is 123 Å². The maximum atomic E-state index is 13.7. The minimum absolute atomic E-state index is 0.0136. The Balaban J connectivity index is 1.59. The molecule has 5 heteroatoms. The summed E-state index contributed by atoms with van der Waals surface area (Å²) < 4.78 is 26.8. The van der Waals surface area contributed by atoms with E-state index in [-0.39, 0.29) is 17.6 Å². The molecule has 0 radical (unpaired) electrons. The molecule has 1 amide bonds. The highest BCUT2D eigenvalue weighted by Gasteiger charge is 2.32. The minimum Gasteiger partial charge on any atom is -0.342 e. The predicted molar refractivity (Wildman–Crippen MR) is 75.6 cm³/mol. The van der Waals surface area contributed by atoms with Crippen molar-refractivity contribution in [3.05, 3.63) is 35.4 Å². The topological polar surface area (TPSA) is 23.6 Å². The van der Waals surface area contributed by atoms with E-state index in [0.29, 0.717) is 18.7 Å². The van der Waals surface area contributed by atoms with Crippen LogP contribution in [0.4, 0.5) is 8.78 Å². The van der Waals surface area contributed by atoms with Crippen LogP contribution in [0.5, 0.6) is 0 Å². The standard InChI is InChI=1S/C16H20F2N2O/c17-14-3-4-15(18)13(9-14)11-19-8-5-12(10-19)16(21)20-6-1-2-7-20/h3-4,9,12H,1-2,5-8,10-11H2. The van der Waals surface area contributed by atoms with Crippen molar-refractivity contribution in [2.75, 3.05) is 26.2 Å². The molecule has 3 nitrogen and oxygen atoms in total. The lowest BCUT2D eigenvalue weighted by Crippen LogP contribution is -2.35. The van der Waals surface area contributed by atoms with Gasteiger partial charge in [0.25, 0.3) is 0 Å². The van der Waals surface area contributed by atoms with Gasteiger partial charge in [-0.05, 0) is 44.0 Å². The number of amides is 1. The number of carbonyl (C=O) groups is 1. The second kappa shape index (κ2) is 6.10. The fourth-order valence-electron chi connectivity index (χ4n) is 3.28. The van der Waals surface area contributed by atoms with E-state index in [9.17, 15) is 13.6 Å².